The van der Waals surface area contributed by atoms with Gasteiger partial charge in [0, 0.05) is 6.54 Å². The Bertz CT molecular complexity index is 657. The van der Waals surface area contributed by atoms with Crippen LogP contribution in [0.5, 0.6) is 5.75 Å². The zero-order chi connectivity index (χ0) is 18.3. The molecule has 0 bridgehead atoms. The predicted octanol–water partition coefficient (Wildman–Crippen LogP) is 4.50. The first-order chi connectivity index (χ1) is 11.9. The van der Waals surface area contributed by atoms with Gasteiger partial charge in [0.05, 0.1) is 0 Å². The molecule has 0 radical (unpaired) electrons. The Kier molecular flexibility index (Phi) is 6.63. The lowest BCUT2D eigenvalue weighted by Gasteiger charge is -2.21. The van der Waals surface area contributed by atoms with Crippen molar-refractivity contribution >= 4 is 5.91 Å². The van der Waals surface area contributed by atoms with Crippen LogP contribution < -0.4 is 10.1 Å². The maximum absolute atomic E-state index is 12.4. The smallest absolute Gasteiger partial charge is 0.261 e. The second kappa shape index (κ2) is 8.70. The number of rotatable bonds is 7. The number of carbonyl (C=O) groups is 1. The van der Waals surface area contributed by atoms with Crippen LogP contribution >= 0.6 is 0 Å². The van der Waals surface area contributed by atoms with Crippen LogP contribution in [0.4, 0.5) is 0 Å². The van der Waals surface area contributed by atoms with E-state index in [0.717, 1.165) is 12.2 Å². The Morgan fingerprint density at radius 1 is 1.04 bits per heavy atom. The van der Waals surface area contributed by atoms with Crippen LogP contribution in [0.1, 0.15) is 45.2 Å². The summed E-state index contributed by atoms with van der Waals surface area (Å²) in [5.41, 5.74) is 2.58. The van der Waals surface area contributed by atoms with Crippen molar-refractivity contribution in [2.45, 2.75) is 52.1 Å². The zero-order valence-corrected chi connectivity index (χ0v) is 15.7. The number of hydrogen-bond donors (Lipinski definition) is 1. The van der Waals surface area contributed by atoms with Gasteiger partial charge in [0.1, 0.15) is 5.75 Å². The van der Waals surface area contributed by atoms with Gasteiger partial charge in [-0.05, 0) is 41.5 Å². The molecule has 0 aromatic heterocycles. The van der Waals surface area contributed by atoms with Crippen molar-refractivity contribution in [2.24, 2.45) is 0 Å². The van der Waals surface area contributed by atoms with E-state index in [4.69, 9.17) is 4.74 Å². The Morgan fingerprint density at radius 3 is 2.24 bits per heavy atom. The lowest BCUT2D eigenvalue weighted by Crippen LogP contribution is -2.38. The molecule has 2 rings (SSSR count). The summed E-state index contributed by atoms with van der Waals surface area (Å²) in [6.45, 7) is 9.12. The molecule has 2 aromatic rings. The second-order valence-corrected chi connectivity index (χ2v) is 7.32. The van der Waals surface area contributed by atoms with Gasteiger partial charge in [-0.3, -0.25) is 4.79 Å². The largest absolute Gasteiger partial charge is 0.481 e. The molecular formula is C22H29NO2. The van der Waals surface area contributed by atoms with Crippen molar-refractivity contribution in [1.82, 2.24) is 5.32 Å². The molecule has 0 heterocycles. The number of benzene rings is 2. The van der Waals surface area contributed by atoms with E-state index in [1.165, 1.54) is 11.1 Å². The molecule has 1 atom stereocenters. The Balaban J connectivity index is 1.87. The number of carbonyl (C=O) groups excluding carboxylic acids is 1. The summed E-state index contributed by atoms with van der Waals surface area (Å²) in [5.74, 6) is 0.677. The van der Waals surface area contributed by atoms with Gasteiger partial charge in [-0.25, -0.2) is 0 Å². The van der Waals surface area contributed by atoms with Crippen LogP contribution in [0.2, 0.25) is 0 Å². The van der Waals surface area contributed by atoms with Gasteiger partial charge < -0.3 is 10.1 Å². The van der Waals surface area contributed by atoms with Gasteiger partial charge >= 0.3 is 0 Å². The molecule has 0 aliphatic carbocycles. The molecule has 0 saturated heterocycles. The van der Waals surface area contributed by atoms with Crippen LogP contribution in [0.3, 0.4) is 0 Å². The van der Waals surface area contributed by atoms with E-state index >= 15 is 0 Å². The first-order valence-electron chi connectivity index (χ1n) is 8.99. The van der Waals surface area contributed by atoms with Crippen molar-refractivity contribution in [3.63, 3.8) is 0 Å². The van der Waals surface area contributed by atoms with Gasteiger partial charge in [-0.1, -0.05) is 70.2 Å². The number of ether oxygens (including phenoxy) is 1. The van der Waals surface area contributed by atoms with Crippen LogP contribution in [0.15, 0.2) is 54.6 Å². The highest BCUT2D eigenvalue weighted by atomic mass is 16.5. The quantitative estimate of drug-likeness (QED) is 0.806. The average Bonchev–Trinajstić information content (AvgIpc) is 2.60. The van der Waals surface area contributed by atoms with Crippen LogP contribution in [-0.4, -0.2) is 18.6 Å². The molecule has 1 unspecified atom stereocenters. The fraction of sp³-hybridized carbons (Fsp3) is 0.409. The third-order valence-corrected chi connectivity index (χ3v) is 4.22. The molecule has 134 valence electrons. The molecular weight excluding hydrogens is 310 g/mol. The average molecular weight is 339 g/mol. The summed E-state index contributed by atoms with van der Waals surface area (Å²) < 4.78 is 5.88. The minimum atomic E-state index is -0.462. The number of hydrogen-bond acceptors (Lipinski definition) is 2. The van der Waals surface area contributed by atoms with Gasteiger partial charge in [-0.2, -0.15) is 0 Å². The van der Waals surface area contributed by atoms with E-state index in [1.807, 2.05) is 37.3 Å². The maximum atomic E-state index is 12.4. The van der Waals surface area contributed by atoms with Gasteiger partial charge in [0.25, 0.3) is 5.91 Å². The highest BCUT2D eigenvalue weighted by molar-refractivity contribution is 5.81. The monoisotopic (exact) mass is 339 g/mol. The molecule has 0 aliphatic rings. The van der Waals surface area contributed by atoms with Crippen LogP contribution in [0, 0.1) is 0 Å². The summed E-state index contributed by atoms with van der Waals surface area (Å²) in [4.78, 5) is 12.4. The fourth-order valence-corrected chi connectivity index (χ4v) is 2.61. The first kappa shape index (κ1) is 19.0. The lowest BCUT2D eigenvalue weighted by molar-refractivity contribution is -0.128. The Hall–Kier alpha value is -2.29. The van der Waals surface area contributed by atoms with E-state index < -0.39 is 6.10 Å². The number of nitrogens with one attached hydrogen (secondary N) is 1. The topological polar surface area (TPSA) is 38.3 Å². The van der Waals surface area contributed by atoms with Crippen molar-refractivity contribution in [3.05, 3.63) is 65.7 Å². The van der Waals surface area contributed by atoms with Gasteiger partial charge in [-0.15, -0.1) is 0 Å². The van der Waals surface area contributed by atoms with Crippen molar-refractivity contribution in [3.8, 4) is 5.75 Å². The summed E-state index contributed by atoms with van der Waals surface area (Å²) in [6, 6.07) is 18.2. The minimum absolute atomic E-state index is 0.0571. The molecule has 0 fully saturated rings. The molecule has 0 saturated carbocycles. The van der Waals surface area contributed by atoms with Gasteiger partial charge in [0.15, 0.2) is 6.10 Å². The normalized spacial score (nSPS) is 12.5. The van der Waals surface area contributed by atoms with Crippen molar-refractivity contribution in [1.29, 1.82) is 0 Å². The Morgan fingerprint density at radius 2 is 1.68 bits per heavy atom. The van der Waals surface area contributed by atoms with Crippen molar-refractivity contribution in [2.75, 3.05) is 6.54 Å². The van der Waals surface area contributed by atoms with Crippen LogP contribution in [0.25, 0.3) is 0 Å². The maximum Gasteiger partial charge on any atom is 0.261 e. The third kappa shape index (κ3) is 5.93. The lowest BCUT2D eigenvalue weighted by atomic mass is 9.87. The molecule has 25 heavy (non-hydrogen) atoms. The number of amides is 1. The SMILES string of the molecule is CCC(Oc1ccc(C(C)(C)C)cc1)C(=O)NCCc1ccccc1. The summed E-state index contributed by atoms with van der Waals surface area (Å²) >= 11 is 0. The first-order valence-corrected chi connectivity index (χ1v) is 8.99. The molecule has 2 aromatic carbocycles. The summed E-state index contributed by atoms with van der Waals surface area (Å²) in [6.07, 6.45) is 0.998. The molecule has 0 spiro atoms. The summed E-state index contributed by atoms with van der Waals surface area (Å²) in [7, 11) is 0. The second-order valence-electron chi connectivity index (χ2n) is 7.32. The molecule has 1 N–H and O–H groups in total. The highest BCUT2D eigenvalue weighted by Gasteiger charge is 2.18. The highest BCUT2D eigenvalue weighted by Crippen LogP contribution is 2.24. The van der Waals surface area contributed by atoms with Gasteiger partial charge in [0.2, 0.25) is 0 Å². The standard InChI is InChI=1S/C22H29NO2/c1-5-20(21(24)23-16-15-17-9-7-6-8-10-17)25-19-13-11-18(12-14-19)22(2,3)4/h6-14,20H,5,15-16H2,1-4H3,(H,23,24). The summed E-state index contributed by atoms with van der Waals surface area (Å²) in [5, 5.41) is 2.97. The molecule has 0 aliphatic heterocycles. The third-order valence-electron chi connectivity index (χ3n) is 4.22. The van der Waals surface area contributed by atoms with Crippen molar-refractivity contribution < 1.29 is 9.53 Å². The minimum Gasteiger partial charge on any atom is -0.481 e. The molecule has 1 amide bonds. The van der Waals surface area contributed by atoms with E-state index in [9.17, 15) is 4.79 Å². The van der Waals surface area contributed by atoms with E-state index in [0.29, 0.717) is 13.0 Å². The van der Waals surface area contributed by atoms with E-state index in [1.54, 1.807) is 0 Å². The zero-order valence-electron chi connectivity index (χ0n) is 15.7. The molecule has 3 heteroatoms. The van der Waals surface area contributed by atoms with E-state index in [2.05, 4.69) is 50.4 Å². The fourth-order valence-electron chi connectivity index (χ4n) is 2.61. The Labute approximate surface area is 151 Å². The molecule has 3 nitrogen and oxygen atoms in total. The van der Waals surface area contributed by atoms with Crippen LogP contribution in [-0.2, 0) is 16.6 Å². The predicted molar refractivity (Wildman–Crippen MR) is 103 cm³/mol. The van der Waals surface area contributed by atoms with E-state index in [-0.39, 0.29) is 11.3 Å².